The number of hydrogen-bond donors (Lipinski definition) is 3. The molecule has 0 saturated heterocycles. The van der Waals surface area contributed by atoms with E-state index in [1.54, 1.807) is 12.1 Å². The Morgan fingerprint density at radius 1 is 1.12 bits per heavy atom. The van der Waals surface area contributed by atoms with Crippen LogP contribution < -0.4 is 14.1 Å². The molecule has 0 aliphatic heterocycles. The highest BCUT2D eigenvalue weighted by molar-refractivity contribution is 6.34. The number of hydrogen-bond acceptors (Lipinski definition) is 6. The highest BCUT2D eigenvalue weighted by atomic mass is 16.6. The first kappa shape index (κ1) is 13.6. The van der Waals surface area contributed by atoms with Crippen molar-refractivity contribution < 1.29 is 29.3 Å². The second-order valence-corrected chi connectivity index (χ2v) is 3.25. The van der Waals surface area contributed by atoms with Gasteiger partial charge in [-0.25, -0.2) is 0 Å². The quantitative estimate of drug-likeness (QED) is 0.587. The van der Waals surface area contributed by atoms with Crippen LogP contribution in [0.25, 0.3) is 0 Å². The summed E-state index contributed by atoms with van der Waals surface area (Å²) in [6.45, 7) is -0.00482. The van der Waals surface area contributed by atoms with E-state index in [1.165, 1.54) is 14.2 Å². The second kappa shape index (κ2) is 6.34. The fourth-order valence-electron chi connectivity index (χ4n) is 1.43. The van der Waals surface area contributed by atoms with Gasteiger partial charge in [-0.1, -0.05) is 0 Å². The summed E-state index contributed by atoms with van der Waals surface area (Å²) in [5.41, 5.74) is 0.793. The summed E-state index contributed by atoms with van der Waals surface area (Å²) in [4.78, 5) is 0. The van der Waals surface area contributed by atoms with Crippen LogP contribution in [-0.2, 0) is 6.42 Å². The lowest BCUT2D eigenvalue weighted by Gasteiger charge is -2.15. The van der Waals surface area contributed by atoms with Crippen molar-refractivity contribution in [1.29, 1.82) is 0 Å². The van der Waals surface area contributed by atoms with E-state index in [0.717, 1.165) is 5.56 Å². The Kier molecular flexibility index (Phi) is 5.08. The molecule has 0 aliphatic carbocycles. The maximum Gasteiger partial charge on any atom is 0.707 e. The first-order valence-corrected chi connectivity index (χ1v) is 5.01. The molecule has 7 heteroatoms. The van der Waals surface area contributed by atoms with E-state index in [2.05, 4.69) is 0 Å². The zero-order chi connectivity index (χ0) is 12.8. The van der Waals surface area contributed by atoms with E-state index in [-0.39, 0.29) is 12.4 Å². The predicted molar refractivity (Wildman–Crippen MR) is 61.2 cm³/mol. The van der Waals surface area contributed by atoms with Gasteiger partial charge in [0.25, 0.3) is 0 Å². The van der Waals surface area contributed by atoms with Gasteiger partial charge in [0.05, 0.1) is 14.2 Å². The molecular formula is C10H15BO6. The molecule has 0 radical (unpaired) electrons. The average Bonchev–Trinajstić information content (AvgIpc) is 2.30. The molecule has 0 heterocycles. The molecule has 0 aromatic heterocycles. The summed E-state index contributed by atoms with van der Waals surface area (Å²) < 4.78 is 14.9. The van der Waals surface area contributed by atoms with E-state index in [9.17, 15) is 0 Å². The summed E-state index contributed by atoms with van der Waals surface area (Å²) in [5, 5.41) is 26.5. The van der Waals surface area contributed by atoms with E-state index in [0.29, 0.717) is 17.9 Å². The molecule has 6 nitrogen and oxygen atoms in total. The second-order valence-electron chi connectivity index (χ2n) is 3.25. The highest BCUT2D eigenvalue weighted by Gasteiger charge is 2.20. The van der Waals surface area contributed by atoms with Crippen LogP contribution in [0, 0.1) is 0 Å². The Labute approximate surface area is 99.5 Å². The van der Waals surface area contributed by atoms with Crippen molar-refractivity contribution in [1.82, 2.24) is 0 Å². The van der Waals surface area contributed by atoms with Crippen molar-refractivity contribution in [2.45, 2.75) is 6.42 Å². The summed E-state index contributed by atoms with van der Waals surface area (Å²) in [5.74, 6) is 0.716. The third kappa shape index (κ3) is 3.52. The van der Waals surface area contributed by atoms with Gasteiger partial charge in [-0.3, -0.25) is 0 Å². The van der Waals surface area contributed by atoms with Crippen LogP contribution in [0.1, 0.15) is 5.56 Å². The molecule has 0 aliphatic rings. The van der Waals surface area contributed by atoms with Crippen molar-refractivity contribution in [3.05, 3.63) is 17.7 Å². The molecule has 3 N–H and O–H groups in total. The molecule has 0 fully saturated rings. The van der Waals surface area contributed by atoms with Crippen LogP contribution >= 0.6 is 0 Å². The Morgan fingerprint density at radius 2 is 1.65 bits per heavy atom. The Morgan fingerprint density at radius 3 is 2.00 bits per heavy atom. The minimum absolute atomic E-state index is 0.00482. The SMILES string of the molecule is COc1cc(CCO)cc(OC)c1OB(O)O. The van der Waals surface area contributed by atoms with Crippen LogP contribution in [0.2, 0.25) is 0 Å². The van der Waals surface area contributed by atoms with Crippen molar-refractivity contribution in [3.8, 4) is 17.2 Å². The Hall–Kier alpha value is -1.44. The maximum absolute atomic E-state index is 8.87. The van der Waals surface area contributed by atoms with E-state index in [1.807, 2.05) is 0 Å². The van der Waals surface area contributed by atoms with E-state index < -0.39 is 7.32 Å². The topological polar surface area (TPSA) is 88.4 Å². The zero-order valence-electron chi connectivity index (χ0n) is 9.71. The molecule has 1 aromatic rings. The van der Waals surface area contributed by atoms with Crippen molar-refractivity contribution >= 4 is 7.32 Å². The monoisotopic (exact) mass is 242 g/mol. The summed E-state index contributed by atoms with van der Waals surface area (Å²) >= 11 is 0. The average molecular weight is 242 g/mol. The maximum atomic E-state index is 8.87. The van der Waals surface area contributed by atoms with Crippen LogP contribution in [0.3, 0.4) is 0 Å². The minimum atomic E-state index is -1.96. The third-order valence-corrected chi connectivity index (χ3v) is 2.14. The van der Waals surface area contributed by atoms with Gasteiger partial charge in [0.15, 0.2) is 17.2 Å². The number of methoxy groups -OCH3 is 2. The third-order valence-electron chi connectivity index (χ3n) is 2.14. The molecule has 1 rings (SSSR count). The molecule has 0 atom stereocenters. The predicted octanol–water partition coefficient (Wildman–Crippen LogP) is -0.413. The summed E-state index contributed by atoms with van der Waals surface area (Å²) in [6.07, 6.45) is 0.439. The molecular weight excluding hydrogens is 227 g/mol. The lowest BCUT2D eigenvalue weighted by atomic mass is 10.1. The number of aliphatic hydroxyl groups is 1. The first-order chi connectivity index (χ1) is 8.12. The number of benzene rings is 1. The number of ether oxygens (including phenoxy) is 2. The van der Waals surface area contributed by atoms with Crippen molar-refractivity contribution in [3.63, 3.8) is 0 Å². The molecule has 0 unspecified atom stereocenters. The highest BCUT2D eigenvalue weighted by Crippen LogP contribution is 2.38. The fraction of sp³-hybridized carbons (Fsp3) is 0.400. The molecule has 94 valence electrons. The normalized spacial score (nSPS) is 9.94. The van der Waals surface area contributed by atoms with E-state index in [4.69, 9.17) is 29.3 Å². The molecule has 17 heavy (non-hydrogen) atoms. The molecule has 0 amide bonds. The van der Waals surface area contributed by atoms with Gasteiger partial charge >= 0.3 is 7.32 Å². The van der Waals surface area contributed by atoms with Crippen LogP contribution in [0.5, 0.6) is 17.2 Å². The van der Waals surface area contributed by atoms with Crippen molar-refractivity contribution in [2.24, 2.45) is 0 Å². The number of aliphatic hydroxyl groups excluding tert-OH is 1. The molecule has 0 spiro atoms. The van der Waals surface area contributed by atoms with Crippen LogP contribution in [-0.4, -0.2) is 43.3 Å². The van der Waals surface area contributed by atoms with E-state index >= 15 is 0 Å². The molecule has 0 bridgehead atoms. The molecule has 0 saturated carbocycles. The van der Waals surface area contributed by atoms with Gasteiger partial charge in [-0.2, -0.15) is 0 Å². The molecule has 1 aromatic carbocycles. The van der Waals surface area contributed by atoms with Gasteiger partial charge in [-0.15, -0.1) is 0 Å². The first-order valence-electron chi connectivity index (χ1n) is 5.01. The van der Waals surface area contributed by atoms with Gasteiger partial charge in [-0.05, 0) is 24.1 Å². The zero-order valence-corrected chi connectivity index (χ0v) is 9.71. The lowest BCUT2D eigenvalue weighted by molar-refractivity contribution is 0.269. The Balaban J connectivity index is 3.16. The summed E-state index contributed by atoms with van der Waals surface area (Å²) in [7, 11) is 0.892. The minimum Gasteiger partial charge on any atom is -0.506 e. The lowest BCUT2D eigenvalue weighted by Crippen LogP contribution is -2.21. The summed E-state index contributed by atoms with van der Waals surface area (Å²) in [6, 6.07) is 3.27. The standard InChI is InChI=1S/C10H15BO6/c1-15-8-5-7(3-4-12)6-9(16-2)10(8)17-11(13)14/h5-6,12-14H,3-4H2,1-2H3. The van der Waals surface area contributed by atoms with Gasteiger partial charge in [0, 0.05) is 6.61 Å². The van der Waals surface area contributed by atoms with Gasteiger partial charge in [0.2, 0.25) is 0 Å². The smallest absolute Gasteiger partial charge is 0.506 e. The van der Waals surface area contributed by atoms with Crippen LogP contribution in [0.4, 0.5) is 0 Å². The Bertz CT molecular complexity index is 343. The largest absolute Gasteiger partial charge is 0.707 e. The fourth-order valence-corrected chi connectivity index (χ4v) is 1.43. The van der Waals surface area contributed by atoms with Gasteiger partial charge < -0.3 is 29.3 Å². The van der Waals surface area contributed by atoms with Crippen LogP contribution in [0.15, 0.2) is 12.1 Å². The van der Waals surface area contributed by atoms with Gasteiger partial charge in [0.1, 0.15) is 0 Å². The van der Waals surface area contributed by atoms with Crippen molar-refractivity contribution in [2.75, 3.05) is 20.8 Å². The number of rotatable bonds is 6.